The molecular formula is C15H20BrF3N2O. The van der Waals surface area contributed by atoms with Crippen LogP contribution in [0.1, 0.15) is 24.0 Å². The summed E-state index contributed by atoms with van der Waals surface area (Å²) < 4.78 is 45.4. The number of hydrogen-bond donors (Lipinski definition) is 1. The molecule has 0 bridgehead atoms. The molecule has 2 unspecified atom stereocenters. The van der Waals surface area contributed by atoms with Crippen LogP contribution in [0.15, 0.2) is 22.7 Å². The first-order valence-corrected chi connectivity index (χ1v) is 7.97. The standard InChI is InChI=1S/C15H20BrF3N2O/c1-22-13-4-5-21(12(7-13)8-20)9-10-2-3-11(16)6-14(10)15(17,18)19/h2-3,6,12-13H,4-5,7-9,20H2,1H3. The SMILES string of the molecule is COC1CCN(Cc2ccc(Br)cc2C(F)(F)F)C(CN)C1. The smallest absolute Gasteiger partial charge is 0.381 e. The van der Waals surface area contributed by atoms with Gasteiger partial charge in [-0.2, -0.15) is 13.2 Å². The highest BCUT2D eigenvalue weighted by atomic mass is 79.9. The van der Waals surface area contributed by atoms with Crippen LogP contribution in [-0.4, -0.2) is 37.2 Å². The zero-order chi connectivity index (χ0) is 16.3. The van der Waals surface area contributed by atoms with Crippen LogP contribution in [0.25, 0.3) is 0 Å². The van der Waals surface area contributed by atoms with Gasteiger partial charge in [-0.3, -0.25) is 4.90 Å². The van der Waals surface area contributed by atoms with E-state index in [1.807, 2.05) is 4.90 Å². The number of likely N-dealkylation sites (tertiary alicyclic amines) is 1. The largest absolute Gasteiger partial charge is 0.416 e. The number of alkyl halides is 3. The first kappa shape index (κ1) is 17.7. The molecule has 7 heteroatoms. The Morgan fingerprint density at radius 1 is 1.41 bits per heavy atom. The van der Waals surface area contributed by atoms with Crippen LogP contribution in [0.5, 0.6) is 0 Å². The van der Waals surface area contributed by atoms with Crippen molar-refractivity contribution in [3.8, 4) is 0 Å². The summed E-state index contributed by atoms with van der Waals surface area (Å²) in [4.78, 5) is 2.02. The number of nitrogens with zero attached hydrogens (tertiary/aromatic N) is 1. The molecule has 0 aromatic heterocycles. The molecule has 1 aliphatic rings. The molecule has 2 N–H and O–H groups in total. The van der Waals surface area contributed by atoms with E-state index in [-0.39, 0.29) is 24.3 Å². The van der Waals surface area contributed by atoms with E-state index in [4.69, 9.17) is 10.5 Å². The molecule has 0 radical (unpaired) electrons. The van der Waals surface area contributed by atoms with Gasteiger partial charge in [0.15, 0.2) is 0 Å². The number of nitrogens with two attached hydrogens (primary N) is 1. The minimum absolute atomic E-state index is 0.0448. The zero-order valence-electron chi connectivity index (χ0n) is 12.4. The predicted molar refractivity (Wildman–Crippen MR) is 82.4 cm³/mol. The van der Waals surface area contributed by atoms with Gasteiger partial charge in [-0.05, 0) is 30.5 Å². The molecule has 1 saturated heterocycles. The summed E-state index contributed by atoms with van der Waals surface area (Å²) in [7, 11) is 1.66. The molecule has 0 amide bonds. The molecule has 1 aromatic carbocycles. The van der Waals surface area contributed by atoms with Gasteiger partial charge in [0.05, 0.1) is 11.7 Å². The summed E-state index contributed by atoms with van der Waals surface area (Å²) in [5.74, 6) is 0. The zero-order valence-corrected chi connectivity index (χ0v) is 14.0. The van der Waals surface area contributed by atoms with Crippen LogP contribution in [0.4, 0.5) is 13.2 Å². The molecule has 3 nitrogen and oxygen atoms in total. The number of piperidine rings is 1. The first-order valence-electron chi connectivity index (χ1n) is 7.17. The molecule has 1 heterocycles. The van der Waals surface area contributed by atoms with Gasteiger partial charge in [0.25, 0.3) is 0 Å². The Balaban J connectivity index is 2.20. The number of halogens is 4. The highest BCUT2D eigenvalue weighted by molar-refractivity contribution is 9.10. The molecule has 1 aromatic rings. The number of methoxy groups -OCH3 is 1. The number of benzene rings is 1. The van der Waals surface area contributed by atoms with Gasteiger partial charge in [-0.25, -0.2) is 0 Å². The molecule has 0 saturated carbocycles. The Labute approximate surface area is 136 Å². The third-order valence-electron chi connectivity index (χ3n) is 4.15. The average Bonchev–Trinajstić information content (AvgIpc) is 2.48. The van der Waals surface area contributed by atoms with Gasteiger partial charge < -0.3 is 10.5 Å². The fourth-order valence-corrected chi connectivity index (χ4v) is 3.26. The highest BCUT2D eigenvalue weighted by Gasteiger charge is 2.35. The summed E-state index contributed by atoms with van der Waals surface area (Å²) in [6.07, 6.45) is -2.66. The molecule has 2 rings (SSSR count). The van der Waals surface area contributed by atoms with Gasteiger partial charge in [0.2, 0.25) is 0 Å². The number of hydrogen-bond acceptors (Lipinski definition) is 3. The number of ether oxygens (including phenoxy) is 1. The predicted octanol–water partition coefficient (Wildman–Crippen LogP) is 3.41. The van der Waals surface area contributed by atoms with Gasteiger partial charge in [-0.15, -0.1) is 0 Å². The lowest BCUT2D eigenvalue weighted by Gasteiger charge is -2.38. The van der Waals surface area contributed by atoms with E-state index in [9.17, 15) is 13.2 Å². The lowest BCUT2D eigenvalue weighted by atomic mass is 9.97. The monoisotopic (exact) mass is 380 g/mol. The third-order valence-corrected chi connectivity index (χ3v) is 4.64. The van der Waals surface area contributed by atoms with E-state index >= 15 is 0 Å². The van der Waals surface area contributed by atoms with Crippen molar-refractivity contribution in [2.75, 3.05) is 20.2 Å². The summed E-state index contributed by atoms with van der Waals surface area (Å²) in [5.41, 5.74) is 5.48. The summed E-state index contributed by atoms with van der Waals surface area (Å²) >= 11 is 3.11. The first-order chi connectivity index (χ1) is 10.3. The lowest BCUT2D eigenvalue weighted by Crippen LogP contribution is -2.48. The molecule has 0 spiro atoms. The van der Waals surface area contributed by atoms with Crippen molar-refractivity contribution in [3.63, 3.8) is 0 Å². The fraction of sp³-hybridized carbons (Fsp3) is 0.600. The molecule has 0 aliphatic carbocycles. The maximum absolute atomic E-state index is 13.2. The lowest BCUT2D eigenvalue weighted by molar-refractivity contribution is -0.138. The second-order valence-electron chi connectivity index (χ2n) is 5.54. The van der Waals surface area contributed by atoms with Crippen molar-refractivity contribution in [3.05, 3.63) is 33.8 Å². The Bertz CT molecular complexity index is 510. The van der Waals surface area contributed by atoms with Crippen LogP contribution < -0.4 is 5.73 Å². The molecule has 1 fully saturated rings. The molecular weight excluding hydrogens is 361 g/mol. The summed E-state index contributed by atoms with van der Waals surface area (Å²) in [6, 6.07) is 4.35. The van der Waals surface area contributed by atoms with E-state index in [0.717, 1.165) is 18.9 Å². The molecule has 22 heavy (non-hydrogen) atoms. The van der Waals surface area contributed by atoms with Gasteiger partial charge in [0.1, 0.15) is 0 Å². The average molecular weight is 381 g/mol. The van der Waals surface area contributed by atoms with Crippen molar-refractivity contribution in [1.82, 2.24) is 4.90 Å². The van der Waals surface area contributed by atoms with Crippen LogP contribution in [0, 0.1) is 0 Å². The maximum Gasteiger partial charge on any atom is 0.416 e. The minimum atomic E-state index is -4.36. The van der Waals surface area contributed by atoms with Crippen LogP contribution in [0.2, 0.25) is 0 Å². The molecule has 2 atom stereocenters. The quantitative estimate of drug-likeness (QED) is 0.869. The maximum atomic E-state index is 13.2. The molecule has 1 aliphatic heterocycles. The van der Waals surface area contributed by atoms with Gasteiger partial charge in [0, 0.05) is 37.3 Å². The van der Waals surface area contributed by atoms with E-state index in [1.54, 1.807) is 13.2 Å². The van der Waals surface area contributed by atoms with Crippen molar-refractivity contribution in [1.29, 1.82) is 0 Å². The Kier molecular flexibility index (Phi) is 5.87. The highest BCUT2D eigenvalue weighted by Crippen LogP contribution is 2.35. The van der Waals surface area contributed by atoms with E-state index in [0.29, 0.717) is 17.6 Å². The van der Waals surface area contributed by atoms with E-state index < -0.39 is 11.7 Å². The number of rotatable bonds is 4. The second kappa shape index (κ2) is 7.29. The third kappa shape index (κ3) is 4.22. The second-order valence-corrected chi connectivity index (χ2v) is 6.46. The van der Waals surface area contributed by atoms with Crippen molar-refractivity contribution in [2.45, 2.75) is 37.7 Å². The summed E-state index contributed by atoms with van der Waals surface area (Å²) in [5, 5.41) is 0. The van der Waals surface area contributed by atoms with E-state index in [1.165, 1.54) is 6.07 Å². The van der Waals surface area contributed by atoms with Gasteiger partial charge in [-0.1, -0.05) is 22.0 Å². The van der Waals surface area contributed by atoms with Crippen molar-refractivity contribution >= 4 is 15.9 Å². The summed E-state index contributed by atoms with van der Waals surface area (Å²) in [6.45, 7) is 1.35. The normalized spacial score (nSPS) is 23.7. The van der Waals surface area contributed by atoms with Crippen LogP contribution in [0.3, 0.4) is 0 Å². The van der Waals surface area contributed by atoms with Crippen LogP contribution >= 0.6 is 15.9 Å². The Hall–Kier alpha value is -0.630. The van der Waals surface area contributed by atoms with Crippen molar-refractivity contribution < 1.29 is 17.9 Å². The Morgan fingerprint density at radius 2 is 2.14 bits per heavy atom. The van der Waals surface area contributed by atoms with Crippen LogP contribution in [-0.2, 0) is 17.5 Å². The van der Waals surface area contributed by atoms with Gasteiger partial charge >= 0.3 is 6.18 Å². The van der Waals surface area contributed by atoms with Crippen molar-refractivity contribution in [2.24, 2.45) is 5.73 Å². The Morgan fingerprint density at radius 3 is 2.73 bits per heavy atom. The van der Waals surface area contributed by atoms with E-state index in [2.05, 4.69) is 15.9 Å². The fourth-order valence-electron chi connectivity index (χ4n) is 2.90. The topological polar surface area (TPSA) is 38.5 Å². The molecule has 124 valence electrons. The minimum Gasteiger partial charge on any atom is -0.381 e.